The molecule has 0 aliphatic carbocycles. The van der Waals surface area contributed by atoms with Gasteiger partial charge in [0.1, 0.15) is 0 Å². The number of aromatic carboxylic acids is 1. The molecule has 0 aromatic heterocycles. The molecule has 4 heteroatoms. The molecule has 2 aromatic carbocycles. The lowest BCUT2D eigenvalue weighted by atomic mass is 10.1. The molecule has 3 nitrogen and oxygen atoms in total. The first-order valence-corrected chi connectivity index (χ1v) is 6.64. The summed E-state index contributed by atoms with van der Waals surface area (Å²) in [7, 11) is 0. The maximum atomic E-state index is 11.2. The number of halogens is 1. The Bertz CT molecular complexity index is 638. The van der Waals surface area contributed by atoms with Crippen molar-refractivity contribution in [2.24, 2.45) is 0 Å². The predicted molar refractivity (Wildman–Crippen MR) is 80.3 cm³/mol. The van der Waals surface area contributed by atoms with E-state index in [1.165, 1.54) is 0 Å². The standard InChI is InChI=1S/C15H14BrNO2/c1-9-3-5-11(15(18)19)13(7-9)17-14-8-10(2)4-6-12(14)16/h3-8,17H,1-2H3,(H,18,19). The lowest BCUT2D eigenvalue weighted by Crippen LogP contribution is -2.03. The van der Waals surface area contributed by atoms with Crippen LogP contribution in [0.2, 0.25) is 0 Å². The Hall–Kier alpha value is -1.81. The molecule has 0 heterocycles. The second-order valence-electron chi connectivity index (χ2n) is 4.46. The van der Waals surface area contributed by atoms with Gasteiger partial charge in [0.05, 0.1) is 16.9 Å². The average Bonchev–Trinajstić information content (AvgIpc) is 2.33. The van der Waals surface area contributed by atoms with E-state index in [0.29, 0.717) is 5.69 Å². The fraction of sp³-hybridized carbons (Fsp3) is 0.133. The summed E-state index contributed by atoms with van der Waals surface area (Å²) in [6.07, 6.45) is 0. The first-order valence-electron chi connectivity index (χ1n) is 5.84. The Labute approximate surface area is 120 Å². The van der Waals surface area contributed by atoms with Gasteiger partial charge in [-0.25, -0.2) is 4.79 Å². The van der Waals surface area contributed by atoms with Crippen LogP contribution in [-0.2, 0) is 0 Å². The highest BCUT2D eigenvalue weighted by Gasteiger charge is 2.11. The zero-order valence-corrected chi connectivity index (χ0v) is 12.3. The molecule has 0 fully saturated rings. The quantitative estimate of drug-likeness (QED) is 0.875. The highest BCUT2D eigenvalue weighted by atomic mass is 79.9. The van der Waals surface area contributed by atoms with Crippen LogP contribution in [0.3, 0.4) is 0 Å². The third-order valence-corrected chi connectivity index (χ3v) is 3.49. The van der Waals surface area contributed by atoms with Crippen LogP contribution in [0.25, 0.3) is 0 Å². The van der Waals surface area contributed by atoms with E-state index in [4.69, 9.17) is 0 Å². The van der Waals surface area contributed by atoms with Crippen LogP contribution in [0.4, 0.5) is 11.4 Å². The van der Waals surface area contributed by atoms with Crippen molar-refractivity contribution in [3.8, 4) is 0 Å². The van der Waals surface area contributed by atoms with Gasteiger partial charge in [-0.15, -0.1) is 0 Å². The van der Waals surface area contributed by atoms with Gasteiger partial charge in [-0.3, -0.25) is 0 Å². The van der Waals surface area contributed by atoms with Crippen molar-refractivity contribution in [3.63, 3.8) is 0 Å². The van der Waals surface area contributed by atoms with Gasteiger partial charge in [0.15, 0.2) is 0 Å². The first kappa shape index (κ1) is 13.6. The summed E-state index contributed by atoms with van der Waals surface area (Å²) >= 11 is 3.46. The number of hydrogen-bond donors (Lipinski definition) is 2. The van der Waals surface area contributed by atoms with Crippen molar-refractivity contribution >= 4 is 33.3 Å². The van der Waals surface area contributed by atoms with Crippen LogP contribution < -0.4 is 5.32 Å². The molecule has 2 rings (SSSR count). The Morgan fingerprint density at radius 1 is 1.05 bits per heavy atom. The van der Waals surface area contributed by atoms with Crippen LogP contribution in [0, 0.1) is 13.8 Å². The van der Waals surface area contributed by atoms with E-state index in [9.17, 15) is 9.90 Å². The third-order valence-electron chi connectivity index (χ3n) is 2.80. The van der Waals surface area contributed by atoms with Crippen LogP contribution in [0.15, 0.2) is 40.9 Å². The van der Waals surface area contributed by atoms with E-state index < -0.39 is 5.97 Å². The summed E-state index contributed by atoms with van der Waals surface area (Å²) in [6.45, 7) is 3.92. The molecule has 0 bridgehead atoms. The van der Waals surface area contributed by atoms with Gasteiger partial charge in [0, 0.05) is 4.47 Å². The number of carboxylic acids is 1. The van der Waals surface area contributed by atoms with Gasteiger partial charge in [-0.1, -0.05) is 12.1 Å². The summed E-state index contributed by atoms with van der Waals surface area (Å²) in [5.41, 5.74) is 3.83. The molecule has 0 spiro atoms. The largest absolute Gasteiger partial charge is 0.478 e. The molecule has 0 aliphatic rings. The number of anilines is 2. The van der Waals surface area contributed by atoms with Gasteiger partial charge >= 0.3 is 5.97 Å². The normalized spacial score (nSPS) is 10.3. The number of hydrogen-bond acceptors (Lipinski definition) is 2. The molecule has 98 valence electrons. The van der Waals surface area contributed by atoms with Gasteiger partial charge in [-0.05, 0) is 65.2 Å². The summed E-state index contributed by atoms with van der Waals surface area (Å²) in [5.74, 6) is -0.939. The number of aryl methyl sites for hydroxylation is 2. The molecule has 19 heavy (non-hydrogen) atoms. The monoisotopic (exact) mass is 319 g/mol. The molecule has 0 unspecified atom stereocenters. The summed E-state index contributed by atoms with van der Waals surface area (Å²) in [6, 6.07) is 11.1. The molecular weight excluding hydrogens is 306 g/mol. The number of rotatable bonds is 3. The van der Waals surface area contributed by atoms with Crippen molar-refractivity contribution in [3.05, 3.63) is 57.6 Å². The van der Waals surface area contributed by atoms with Gasteiger partial charge < -0.3 is 10.4 Å². The van der Waals surface area contributed by atoms with Crippen molar-refractivity contribution in [1.29, 1.82) is 0 Å². The maximum Gasteiger partial charge on any atom is 0.337 e. The molecule has 2 N–H and O–H groups in total. The Kier molecular flexibility index (Phi) is 3.90. The maximum absolute atomic E-state index is 11.2. The average molecular weight is 320 g/mol. The van der Waals surface area contributed by atoms with Gasteiger partial charge in [-0.2, -0.15) is 0 Å². The minimum Gasteiger partial charge on any atom is -0.478 e. The second-order valence-corrected chi connectivity index (χ2v) is 5.32. The Morgan fingerprint density at radius 3 is 2.26 bits per heavy atom. The minimum absolute atomic E-state index is 0.263. The van der Waals surface area contributed by atoms with Crippen LogP contribution in [0.1, 0.15) is 21.5 Å². The third kappa shape index (κ3) is 3.15. The first-order chi connectivity index (χ1) is 8.97. The lowest BCUT2D eigenvalue weighted by molar-refractivity contribution is 0.0698. The van der Waals surface area contributed by atoms with Crippen molar-refractivity contribution in [2.75, 3.05) is 5.32 Å². The molecule has 0 atom stereocenters. The van der Waals surface area contributed by atoms with Crippen molar-refractivity contribution in [1.82, 2.24) is 0 Å². The number of nitrogens with one attached hydrogen (secondary N) is 1. The molecule has 0 saturated carbocycles. The number of carboxylic acid groups (broad SMARTS) is 1. The highest BCUT2D eigenvalue weighted by Crippen LogP contribution is 2.29. The van der Waals surface area contributed by atoms with E-state index in [2.05, 4.69) is 21.2 Å². The minimum atomic E-state index is -0.939. The topological polar surface area (TPSA) is 49.3 Å². The fourth-order valence-corrected chi connectivity index (χ4v) is 2.17. The van der Waals surface area contributed by atoms with Crippen molar-refractivity contribution < 1.29 is 9.90 Å². The van der Waals surface area contributed by atoms with E-state index in [-0.39, 0.29) is 5.56 Å². The fourth-order valence-electron chi connectivity index (χ4n) is 1.83. The van der Waals surface area contributed by atoms with Gasteiger partial charge in [0.25, 0.3) is 0 Å². The van der Waals surface area contributed by atoms with E-state index in [0.717, 1.165) is 21.3 Å². The van der Waals surface area contributed by atoms with E-state index in [1.807, 2.05) is 38.1 Å². The predicted octanol–water partition coefficient (Wildman–Crippen LogP) is 4.51. The van der Waals surface area contributed by atoms with Crippen molar-refractivity contribution in [2.45, 2.75) is 13.8 Å². The SMILES string of the molecule is Cc1ccc(Br)c(Nc2cc(C)ccc2C(=O)O)c1. The molecule has 0 aliphatic heterocycles. The van der Waals surface area contributed by atoms with Crippen LogP contribution in [-0.4, -0.2) is 11.1 Å². The summed E-state index contributed by atoms with van der Waals surface area (Å²) < 4.78 is 0.899. The Morgan fingerprint density at radius 2 is 1.63 bits per heavy atom. The number of carbonyl (C=O) groups is 1. The van der Waals surface area contributed by atoms with Crippen LogP contribution in [0.5, 0.6) is 0 Å². The molecule has 0 radical (unpaired) electrons. The lowest BCUT2D eigenvalue weighted by Gasteiger charge is -2.12. The molecule has 0 saturated heterocycles. The Balaban J connectivity index is 2.45. The molecule has 0 amide bonds. The molecule has 2 aromatic rings. The second kappa shape index (κ2) is 5.45. The summed E-state index contributed by atoms with van der Waals surface area (Å²) in [4.78, 5) is 11.2. The molecular formula is C15H14BrNO2. The van der Waals surface area contributed by atoms with Crippen LogP contribution >= 0.6 is 15.9 Å². The van der Waals surface area contributed by atoms with E-state index >= 15 is 0 Å². The van der Waals surface area contributed by atoms with Gasteiger partial charge in [0.2, 0.25) is 0 Å². The zero-order valence-electron chi connectivity index (χ0n) is 10.7. The summed E-state index contributed by atoms with van der Waals surface area (Å²) in [5, 5.41) is 12.4. The van der Waals surface area contributed by atoms with E-state index in [1.54, 1.807) is 12.1 Å². The smallest absolute Gasteiger partial charge is 0.337 e. The number of benzene rings is 2. The highest BCUT2D eigenvalue weighted by molar-refractivity contribution is 9.10. The zero-order chi connectivity index (χ0) is 14.0.